The van der Waals surface area contributed by atoms with E-state index < -0.39 is 5.91 Å². The predicted molar refractivity (Wildman–Crippen MR) is 76.5 cm³/mol. The van der Waals surface area contributed by atoms with Gasteiger partial charge < -0.3 is 16.4 Å². The Morgan fingerprint density at radius 3 is 2.20 bits per heavy atom. The van der Waals surface area contributed by atoms with Crippen LogP contribution >= 0.6 is 0 Å². The van der Waals surface area contributed by atoms with Gasteiger partial charge in [0.1, 0.15) is 0 Å². The highest BCUT2D eigenvalue weighted by atomic mass is 16.2. The van der Waals surface area contributed by atoms with Gasteiger partial charge in [0.2, 0.25) is 17.7 Å². The SMILES string of the molecule is CC(=O)NCC(N)=O.CC(C)CC1NC(C)(C)NC1=O. The summed E-state index contributed by atoms with van der Waals surface area (Å²) in [6.07, 6.45) is 0.912. The minimum atomic E-state index is -0.528. The van der Waals surface area contributed by atoms with E-state index in [4.69, 9.17) is 0 Å². The lowest BCUT2D eigenvalue weighted by Crippen LogP contribution is -2.44. The molecular weight excluding hydrogens is 260 g/mol. The van der Waals surface area contributed by atoms with Gasteiger partial charge in [-0.3, -0.25) is 19.7 Å². The van der Waals surface area contributed by atoms with Gasteiger partial charge in [-0.1, -0.05) is 13.8 Å². The van der Waals surface area contributed by atoms with E-state index in [1.807, 2.05) is 13.8 Å². The highest BCUT2D eigenvalue weighted by Gasteiger charge is 2.36. The van der Waals surface area contributed by atoms with Gasteiger partial charge in [0.05, 0.1) is 18.2 Å². The normalized spacial score (nSPS) is 19.9. The molecule has 0 aromatic heterocycles. The van der Waals surface area contributed by atoms with Crippen molar-refractivity contribution in [2.75, 3.05) is 6.54 Å². The van der Waals surface area contributed by atoms with E-state index in [0.29, 0.717) is 5.92 Å². The topological polar surface area (TPSA) is 113 Å². The van der Waals surface area contributed by atoms with Gasteiger partial charge in [-0.25, -0.2) is 0 Å². The zero-order valence-corrected chi connectivity index (χ0v) is 12.9. The van der Waals surface area contributed by atoms with Crippen molar-refractivity contribution < 1.29 is 14.4 Å². The second kappa shape index (κ2) is 7.84. The maximum atomic E-state index is 11.4. The van der Waals surface area contributed by atoms with E-state index in [-0.39, 0.29) is 30.1 Å². The Kier molecular flexibility index (Phi) is 7.20. The number of nitrogens with one attached hydrogen (secondary N) is 3. The molecule has 3 amide bonds. The van der Waals surface area contributed by atoms with E-state index in [0.717, 1.165) is 6.42 Å². The molecule has 0 saturated carbocycles. The highest BCUT2D eigenvalue weighted by molar-refractivity contribution is 5.84. The summed E-state index contributed by atoms with van der Waals surface area (Å²) >= 11 is 0. The molecule has 0 radical (unpaired) electrons. The van der Waals surface area contributed by atoms with Crippen molar-refractivity contribution >= 4 is 17.7 Å². The van der Waals surface area contributed by atoms with Crippen molar-refractivity contribution in [3.63, 3.8) is 0 Å². The van der Waals surface area contributed by atoms with Crippen LogP contribution in [0.4, 0.5) is 0 Å². The molecule has 0 bridgehead atoms. The first-order valence-corrected chi connectivity index (χ1v) is 6.66. The predicted octanol–water partition coefficient (Wildman–Crippen LogP) is -0.536. The van der Waals surface area contributed by atoms with E-state index in [9.17, 15) is 14.4 Å². The monoisotopic (exact) mass is 286 g/mol. The van der Waals surface area contributed by atoms with Gasteiger partial charge in [0, 0.05) is 6.92 Å². The molecule has 0 aromatic rings. The van der Waals surface area contributed by atoms with Crippen molar-refractivity contribution in [3.05, 3.63) is 0 Å². The number of carbonyl (C=O) groups is 3. The third-order valence-corrected chi connectivity index (χ3v) is 2.51. The molecule has 0 aliphatic carbocycles. The summed E-state index contributed by atoms with van der Waals surface area (Å²) in [5.74, 6) is -0.0835. The minimum absolute atomic E-state index is 0.000000000000000222. The maximum Gasteiger partial charge on any atom is 0.238 e. The zero-order valence-electron chi connectivity index (χ0n) is 12.9. The number of amides is 3. The van der Waals surface area contributed by atoms with E-state index >= 15 is 0 Å². The Bertz CT molecular complexity index is 353. The Labute approximate surface area is 120 Å². The van der Waals surface area contributed by atoms with E-state index in [2.05, 4.69) is 35.5 Å². The number of hydrogen-bond acceptors (Lipinski definition) is 4. The molecule has 1 saturated heterocycles. The molecule has 7 heteroatoms. The second-order valence-electron chi connectivity index (χ2n) is 5.82. The summed E-state index contributed by atoms with van der Waals surface area (Å²) in [4.78, 5) is 31.3. The van der Waals surface area contributed by atoms with E-state index in [1.165, 1.54) is 6.92 Å². The summed E-state index contributed by atoms with van der Waals surface area (Å²) in [5.41, 5.74) is 4.46. The van der Waals surface area contributed by atoms with E-state index in [1.54, 1.807) is 0 Å². The number of primary amides is 1. The van der Waals surface area contributed by atoms with Gasteiger partial charge in [0.15, 0.2) is 0 Å². The Hall–Kier alpha value is -1.63. The van der Waals surface area contributed by atoms with Crippen molar-refractivity contribution in [1.82, 2.24) is 16.0 Å². The smallest absolute Gasteiger partial charge is 0.238 e. The lowest BCUT2D eigenvalue weighted by molar-refractivity contribution is -0.123. The first-order valence-electron chi connectivity index (χ1n) is 6.66. The number of hydrogen-bond donors (Lipinski definition) is 4. The van der Waals surface area contributed by atoms with Gasteiger partial charge in [-0.05, 0) is 26.2 Å². The highest BCUT2D eigenvalue weighted by Crippen LogP contribution is 2.14. The van der Waals surface area contributed by atoms with Crippen molar-refractivity contribution in [2.45, 2.75) is 52.7 Å². The maximum absolute atomic E-state index is 11.4. The fraction of sp³-hybridized carbons (Fsp3) is 0.769. The third kappa shape index (κ3) is 8.47. The van der Waals surface area contributed by atoms with Crippen LogP contribution in [-0.2, 0) is 14.4 Å². The van der Waals surface area contributed by atoms with Crippen molar-refractivity contribution in [1.29, 1.82) is 0 Å². The van der Waals surface area contributed by atoms with Crippen LogP contribution in [0.5, 0.6) is 0 Å². The molecule has 1 fully saturated rings. The summed E-state index contributed by atoms with van der Waals surface area (Å²) in [6, 6.07) is -0.000000000000000222. The van der Waals surface area contributed by atoms with Gasteiger partial charge >= 0.3 is 0 Å². The fourth-order valence-corrected chi connectivity index (χ4v) is 1.78. The molecule has 0 aromatic carbocycles. The number of rotatable bonds is 4. The molecule has 1 unspecified atom stereocenters. The Balaban J connectivity index is 0.000000396. The lowest BCUT2D eigenvalue weighted by Gasteiger charge is -2.18. The molecule has 116 valence electrons. The molecule has 1 aliphatic rings. The molecule has 0 spiro atoms. The summed E-state index contributed by atoms with van der Waals surface area (Å²) in [7, 11) is 0. The molecular formula is C13H26N4O3. The molecule has 1 rings (SSSR count). The van der Waals surface area contributed by atoms with Crippen LogP contribution in [0.25, 0.3) is 0 Å². The average molecular weight is 286 g/mol. The van der Waals surface area contributed by atoms with Crippen LogP contribution in [0.3, 0.4) is 0 Å². The molecule has 1 atom stereocenters. The number of nitrogens with two attached hydrogens (primary N) is 1. The van der Waals surface area contributed by atoms with Gasteiger partial charge in [0.25, 0.3) is 0 Å². The standard InChI is InChI=1S/C9H18N2O.C4H8N2O2/c1-6(2)5-7-8(12)11-9(3,4)10-7;1-3(7)6-2-4(5)8/h6-7,10H,5H2,1-4H3,(H,11,12);2H2,1H3,(H2,5,8)(H,6,7). The average Bonchev–Trinajstić information content (AvgIpc) is 2.49. The Morgan fingerprint density at radius 1 is 1.40 bits per heavy atom. The van der Waals surface area contributed by atoms with Crippen LogP contribution in [0.15, 0.2) is 0 Å². The molecule has 7 nitrogen and oxygen atoms in total. The molecule has 5 N–H and O–H groups in total. The number of carbonyl (C=O) groups excluding carboxylic acids is 3. The first-order chi connectivity index (χ1) is 9.03. The van der Waals surface area contributed by atoms with Crippen LogP contribution in [0.1, 0.15) is 41.0 Å². The Morgan fingerprint density at radius 2 is 1.95 bits per heavy atom. The quantitative estimate of drug-likeness (QED) is 0.556. The largest absolute Gasteiger partial charge is 0.368 e. The van der Waals surface area contributed by atoms with Gasteiger partial charge in [-0.15, -0.1) is 0 Å². The minimum Gasteiger partial charge on any atom is -0.368 e. The summed E-state index contributed by atoms with van der Waals surface area (Å²) in [6.45, 7) is 9.45. The van der Waals surface area contributed by atoms with Crippen molar-refractivity contribution in [3.8, 4) is 0 Å². The van der Waals surface area contributed by atoms with Crippen LogP contribution < -0.4 is 21.7 Å². The molecule has 1 aliphatic heterocycles. The lowest BCUT2D eigenvalue weighted by atomic mass is 10.0. The first kappa shape index (κ1) is 18.4. The molecule has 1 heterocycles. The van der Waals surface area contributed by atoms with Crippen LogP contribution in [0, 0.1) is 5.92 Å². The second-order valence-corrected chi connectivity index (χ2v) is 5.82. The summed E-state index contributed by atoms with van der Waals surface area (Å²) in [5, 5.41) is 8.38. The zero-order chi connectivity index (χ0) is 15.9. The third-order valence-electron chi connectivity index (χ3n) is 2.51. The van der Waals surface area contributed by atoms with Crippen LogP contribution in [-0.4, -0.2) is 36.0 Å². The van der Waals surface area contributed by atoms with Crippen LogP contribution in [0.2, 0.25) is 0 Å². The fourth-order valence-electron chi connectivity index (χ4n) is 1.78. The summed E-state index contributed by atoms with van der Waals surface area (Å²) < 4.78 is 0. The molecule has 20 heavy (non-hydrogen) atoms. The van der Waals surface area contributed by atoms with Crippen molar-refractivity contribution in [2.24, 2.45) is 11.7 Å². The van der Waals surface area contributed by atoms with Gasteiger partial charge in [-0.2, -0.15) is 0 Å².